The molecule has 0 unspecified atom stereocenters. The first kappa shape index (κ1) is 14.1. The van der Waals surface area contributed by atoms with Gasteiger partial charge in [-0.3, -0.25) is 9.48 Å². The molecule has 0 radical (unpaired) electrons. The van der Waals surface area contributed by atoms with E-state index < -0.39 is 0 Å². The van der Waals surface area contributed by atoms with E-state index >= 15 is 0 Å². The van der Waals surface area contributed by atoms with Crippen LogP contribution in [0.2, 0.25) is 0 Å². The Morgan fingerprint density at radius 3 is 2.35 bits per heavy atom. The minimum Gasteiger partial charge on any atom is -0.336 e. The van der Waals surface area contributed by atoms with Crippen molar-refractivity contribution in [2.45, 2.75) is 58.4 Å². The van der Waals surface area contributed by atoms with Crippen molar-refractivity contribution in [3.05, 3.63) is 17.0 Å². The van der Waals surface area contributed by atoms with E-state index in [0.29, 0.717) is 5.91 Å². The smallest absolute Gasteiger partial charge is 0.229 e. The van der Waals surface area contributed by atoms with E-state index in [1.165, 1.54) is 49.8 Å². The SMILES string of the molecule is Cc1nn(C)c2c1CCN(C(=O)C13CC4CC(CC(C4)C1)C3)C2. The monoisotopic (exact) mass is 313 g/mol. The highest BCUT2D eigenvalue weighted by Gasteiger charge is 2.55. The molecular formula is C19H27N3O. The van der Waals surface area contributed by atoms with Gasteiger partial charge in [0.15, 0.2) is 0 Å². The summed E-state index contributed by atoms with van der Waals surface area (Å²) in [7, 11) is 2.02. The van der Waals surface area contributed by atoms with Gasteiger partial charge in [-0.05, 0) is 75.2 Å². The Labute approximate surface area is 138 Å². The molecule has 124 valence electrons. The van der Waals surface area contributed by atoms with Crippen molar-refractivity contribution in [3.8, 4) is 0 Å². The summed E-state index contributed by atoms with van der Waals surface area (Å²) < 4.78 is 1.99. The number of hydrogen-bond donors (Lipinski definition) is 0. The molecule has 1 aromatic rings. The van der Waals surface area contributed by atoms with Crippen LogP contribution in [0.1, 0.15) is 55.5 Å². The minimum absolute atomic E-state index is 0.000108. The Morgan fingerprint density at radius 1 is 1.13 bits per heavy atom. The summed E-state index contributed by atoms with van der Waals surface area (Å²) in [4.78, 5) is 15.6. The zero-order chi connectivity index (χ0) is 15.8. The zero-order valence-corrected chi connectivity index (χ0v) is 14.3. The molecule has 4 fully saturated rings. The summed E-state index contributed by atoms with van der Waals surface area (Å²) in [6.07, 6.45) is 8.70. The maximum atomic E-state index is 13.5. The maximum Gasteiger partial charge on any atom is 0.229 e. The van der Waals surface area contributed by atoms with E-state index in [-0.39, 0.29) is 5.41 Å². The Morgan fingerprint density at radius 2 is 1.74 bits per heavy atom. The summed E-state index contributed by atoms with van der Waals surface area (Å²) in [6, 6.07) is 0. The molecule has 0 aromatic carbocycles. The molecule has 1 aromatic heterocycles. The quantitative estimate of drug-likeness (QED) is 0.799. The van der Waals surface area contributed by atoms with E-state index in [1.54, 1.807) is 0 Å². The molecular weight excluding hydrogens is 286 g/mol. The third-order valence-corrected chi connectivity index (χ3v) is 7.23. The second kappa shape index (κ2) is 4.61. The van der Waals surface area contributed by atoms with Crippen molar-refractivity contribution in [2.75, 3.05) is 6.54 Å². The summed E-state index contributed by atoms with van der Waals surface area (Å²) in [5.41, 5.74) is 3.78. The molecule has 5 aliphatic rings. The van der Waals surface area contributed by atoms with Crippen LogP contribution >= 0.6 is 0 Å². The summed E-state index contributed by atoms with van der Waals surface area (Å²) in [5, 5.41) is 4.56. The van der Waals surface area contributed by atoms with Crippen LogP contribution in [0.25, 0.3) is 0 Å². The summed E-state index contributed by atoms with van der Waals surface area (Å²) >= 11 is 0. The number of rotatable bonds is 1. The molecule has 4 heteroatoms. The maximum absolute atomic E-state index is 13.5. The Balaban J connectivity index is 1.42. The second-order valence-electron chi connectivity index (χ2n) is 8.81. The molecule has 4 aliphatic carbocycles. The summed E-state index contributed by atoms with van der Waals surface area (Å²) in [6.45, 7) is 3.75. The lowest BCUT2D eigenvalue weighted by molar-refractivity contribution is -0.158. The topological polar surface area (TPSA) is 38.1 Å². The highest BCUT2D eigenvalue weighted by atomic mass is 16.2. The third kappa shape index (κ3) is 1.96. The molecule has 2 heterocycles. The van der Waals surface area contributed by atoms with E-state index in [1.807, 2.05) is 11.7 Å². The number of hydrogen-bond acceptors (Lipinski definition) is 2. The first-order valence-corrected chi connectivity index (χ1v) is 9.35. The molecule has 0 saturated heterocycles. The number of carbonyl (C=O) groups is 1. The van der Waals surface area contributed by atoms with Crippen molar-refractivity contribution in [3.63, 3.8) is 0 Å². The predicted molar refractivity (Wildman–Crippen MR) is 87.7 cm³/mol. The number of amides is 1. The molecule has 6 rings (SSSR count). The first-order chi connectivity index (χ1) is 11.0. The summed E-state index contributed by atoms with van der Waals surface area (Å²) in [5.74, 6) is 2.99. The Kier molecular flexibility index (Phi) is 2.82. The molecule has 0 atom stereocenters. The van der Waals surface area contributed by atoms with Crippen molar-refractivity contribution in [2.24, 2.45) is 30.2 Å². The fraction of sp³-hybridized carbons (Fsp3) is 0.789. The van der Waals surface area contributed by atoms with Crippen molar-refractivity contribution in [1.29, 1.82) is 0 Å². The van der Waals surface area contributed by atoms with Crippen LogP contribution in [-0.2, 0) is 24.8 Å². The van der Waals surface area contributed by atoms with Crippen molar-refractivity contribution >= 4 is 5.91 Å². The van der Waals surface area contributed by atoms with E-state index in [9.17, 15) is 4.79 Å². The van der Waals surface area contributed by atoms with Crippen LogP contribution in [-0.4, -0.2) is 27.1 Å². The molecule has 4 bridgehead atoms. The van der Waals surface area contributed by atoms with Gasteiger partial charge in [0.25, 0.3) is 0 Å². The van der Waals surface area contributed by atoms with Gasteiger partial charge in [0.2, 0.25) is 5.91 Å². The van der Waals surface area contributed by atoms with Crippen LogP contribution in [0.3, 0.4) is 0 Å². The number of carbonyl (C=O) groups excluding carboxylic acids is 1. The van der Waals surface area contributed by atoms with Crippen LogP contribution in [0, 0.1) is 30.1 Å². The molecule has 0 N–H and O–H groups in total. The van der Waals surface area contributed by atoms with Gasteiger partial charge in [-0.25, -0.2) is 0 Å². The molecule has 4 nitrogen and oxygen atoms in total. The average Bonchev–Trinajstić information content (AvgIpc) is 2.79. The van der Waals surface area contributed by atoms with E-state index in [4.69, 9.17) is 0 Å². The van der Waals surface area contributed by atoms with Crippen molar-refractivity contribution in [1.82, 2.24) is 14.7 Å². The van der Waals surface area contributed by atoms with Crippen LogP contribution in [0.4, 0.5) is 0 Å². The third-order valence-electron chi connectivity index (χ3n) is 7.23. The lowest BCUT2D eigenvalue weighted by Gasteiger charge is -2.56. The van der Waals surface area contributed by atoms with Crippen LogP contribution in [0.15, 0.2) is 0 Å². The predicted octanol–water partition coefficient (Wildman–Crippen LogP) is 2.83. The van der Waals surface area contributed by atoms with Gasteiger partial charge in [0, 0.05) is 13.6 Å². The normalized spacial score (nSPS) is 38.0. The molecule has 0 spiro atoms. The fourth-order valence-electron chi connectivity index (χ4n) is 6.66. The average molecular weight is 313 g/mol. The highest BCUT2D eigenvalue weighted by molar-refractivity contribution is 5.83. The molecule has 1 aliphatic heterocycles. The molecule has 1 amide bonds. The highest BCUT2D eigenvalue weighted by Crippen LogP contribution is 2.60. The number of nitrogens with zero attached hydrogens (tertiary/aromatic N) is 3. The molecule has 4 saturated carbocycles. The standard InChI is InChI=1S/C19H27N3O/c1-12-16-3-4-22(11-17(16)21(2)20-12)18(23)19-8-13-5-14(9-19)7-15(6-13)10-19/h13-15H,3-11H2,1-2H3. The van der Waals surface area contributed by atoms with Crippen LogP contribution in [0.5, 0.6) is 0 Å². The van der Waals surface area contributed by atoms with E-state index in [2.05, 4.69) is 16.9 Å². The Hall–Kier alpha value is -1.32. The fourth-order valence-corrected chi connectivity index (χ4v) is 6.66. The number of fused-ring (bicyclic) bond motifs is 1. The minimum atomic E-state index is -0.000108. The lowest BCUT2D eigenvalue weighted by atomic mass is 9.49. The lowest BCUT2D eigenvalue weighted by Crippen LogP contribution is -2.55. The first-order valence-electron chi connectivity index (χ1n) is 9.35. The zero-order valence-electron chi connectivity index (χ0n) is 14.3. The van der Waals surface area contributed by atoms with Gasteiger partial charge in [0.1, 0.15) is 0 Å². The van der Waals surface area contributed by atoms with Gasteiger partial charge in [-0.2, -0.15) is 5.10 Å². The number of aromatic nitrogens is 2. The molecule has 23 heavy (non-hydrogen) atoms. The Bertz CT molecular complexity index is 639. The van der Waals surface area contributed by atoms with Crippen molar-refractivity contribution < 1.29 is 4.79 Å². The van der Waals surface area contributed by atoms with Gasteiger partial charge in [0.05, 0.1) is 23.3 Å². The van der Waals surface area contributed by atoms with Gasteiger partial charge < -0.3 is 4.90 Å². The van der Waals surface area contributed by atoms with Gasteiger partial charge in [-0.1, -0.05) is 0 Å². The largest absolute Gasteiger partial charge is 0.336 e. The second-order valence-corrected chi connectivity index (χ2v) is 8.81. The van der Waals surface area contributed by atoms with E-state index in [0.717, 1.165) is 43.0 Å². The van der Waals surface area contributed by atoms with Gasteiger partial charge in [-0.15, -0.1) is 0 Å². The van der Waals surface area contributed by atoms with Gasteiger partial charge >= 0.3 is 0 Å². The van der Waals surface area contributed by atoms with Crippen LogP contribution < -0.4 is 0 Å². The number of aryl methyl sites for hydroxylation is 2.